The van der Waals surface area contributed by atoms with E-state index in [9.17, 15) is 14.4 Å². The number of rotatable bonds is 6. The van der Waals surface area contributed by atoms with Crippen molar-refractivity contribution < 1.29 is 19.1 Å². The molecule has 0 bridgehead atoms. The number of hydrogen-bond donors (Lipinski definition) is 3. The van der Waals surface area contributed by atoms with Crippen LogP contribution in [0.3, 0.4) is 0 Å². The third-order valence-electron chi connectivity index (χ3n) is 3.60. The van der Waals surface area contributed by atoms with Gasteiger partial charge in [-0.3, -0.25) is 9.59 Å². The molecule has 154 valence electrons. The SMILES string of the molecule is CC(C)(C)OC(=O)NCC(=O)Nc1ccc(CNC(=O)c2ccccc2Cl)cc1. The molecule has 0 unspecified atom stereocenters. The molecule has 2 aromatic rings. The Morgan fingerprint density at radius 2 is 1.62 bits per heavy atom. The lowest BCUT2D eigenvalue weighted by molar-refractivity contribution is -0.115. The monoisotopic (exact) mass is 417 g/mol. The average molecular weight is 418 g/mol. The molecule has 0 aliphatic carbocycles. The Balaban J connectivity index is 1.79. The minimum atomic E-state index is -0.655. The molecule has 0 aromatic heterocycles. The van der Waals surface area contributed by atoms with Crippen LogP contribution in [0.4, 0.5) is 10.5 Å². The summed E-state index contributed by atoms with van der Waals surface area (Å²) in [6.07, 6.45) is -0.655. The summed E-state index contributed by atoms with van der Waals surface area (Å²) >= 11 is 6.01. The maximum absolute atomic E-state index is 12.2. The lowest BCUT2D eigenvalue weighted by Crippen LogP contribution is -2.37. The second-order valence-electron chi connectivity index (χ2n) is 7.26. The van der Waals surface area contributed by atoms with Crippen molar-refractivity contribution in [2.24, 2.45) is 0 Å². The van der Waals surface area contributed by atoms with Crippen molar-refractivity contribution in [2.45, 2.75) is 32.9 Å². The maximum Gasteiger partial charge on any atom is 0.408 e. The van der Waals surface area contributed by atoms with E-state index in [0.717, 1.165) is 5.56 Å². The smallest absolute Gasteiger partial charge is 0.408 e. The summed E-state index contributed by atoms with van der Waals surface area (Å²) in [6, 6.07) is 13.8. The van der Waals surface area contributed by atoms with Gasteiger partial charge in [0.25, 0.3) is 5.91 Å². The highest BCUT2D eigenvalue weighted by Crippen LogP contribution is 2.15. The second-order valence-corrected chi connectivity index (χ2v) is 7.67. The van der Waals surface area contributed by atoms with Gasteiger partial charge >= 0.3 is 6.09 Å². The van der Waals surface area contributed by atoms with Crippen LogP contribution in [0.2, 0.25) is 5.02 Å². The van der Waals surface area contributed by atoms with Crippen LogP contribution in [0.15, 0.2) is 48.5 Å². The first-order valence-electron chi connectivity index (χ1n) is 9.02. The number of benzene rings is 2. The zero-order chi connectivity index (χ0) is 21.4. The molecule has 29 heavy (non-hydrogen) atoms. The van der Waals surface area contributed by atoms with E-state index in [1.165, 1.54) is 0 Å². The number of carbonyl (C=O) groups excluding carboxylic acids is 3. The van der Waals surface area contributed by atoms with Crippen molar-refractivity contribution in [3.8, 4) is 0 Å². The van der Waals surface area contributed by atoms with Crippen molar-refractivity contribution in [1.29, 1.82) is 0 Å². The zero-order valence-corrected chi connectivity index (χ0v) is 17.3. The predicted octanol–water partition coefficient (Wildman–Crippen LogP) is 3.73. The molecule has 0 spiro atoms. The topological polar surface area (TPSA) is 96.5 Å². The van der Waals surface area contributed by atoms with Crippen LogP contribution in [-0.4, -0.2) is 30.1 Å². The summed E-state index contributed by atoms with van der Waals surface area (Å²) in [5, 5.41) is 8.25. The fraction of sp³-hybridized carbons (Fsp3) is 0.286. The molecule has 0 heterocycles. The van der Waals surface area contributed by atoms with Gasteiger partial charge in [0.15, 0.2) is 0 Å². The summed E-state index contributed by atoms with van der Waals surface area (Å²) < 4.78 is 5.07. The first-order valence-corrected chi connectivity index (χ1v) is 9.40. The molecule has 8 heteroatoms. The number of carbonyl (C=O) groups is 3. The lowest BCUT2D eigenvalue weighted by Gasteiger charge is -2.19. The molecular weight excluding hydrogens is 394 g/mol. The lowest BCUT2D eigenvalue weighted by atomic mass is 10.2. The summed E-state index contributed by atoms with van der Waals surface area (Å²) in [6.45, 7) is 5.34. The van der Waals surface area contributed by atoms with Gasteiger partial charge in [-0.05, 0) is 50.6 Å². The molecule has 0 fully saturated rings. The maximum atomic E-state index is 12.2. The van der Waals surface area contributed by atoms with Crippen molar-refractivity contribution in [1.82, 2.24) is 10.6 Å². The van der Waals surface area contributed by atoms with Gasteiger partial charge in [0.1, 0.15) is 12.1 Å². The third-order valence-corrected chi connectivity index (χ3v) is 3.93. The standard InChI is InChI=1S/C21H24ClN3O4/c1-21(2,3)29-20(28)24-13-18(26)25-15-10-8-14(9-11-15)12-23-19(27)16-6-4-5-7-17(16)22/h4-11H,12-13H2,1-3H3,(H,23,27)(H,24,28)(H,25,26). The molecule has 0 saturated carbocycles. The van der Waals surface area contributed by atoms with Crippen molar-refractivity contribution in [2.75, 3.05) is 11.9 Å². The number of anilines is 1. The summed E-state index contributed by atoms with van der Waals surface area (Å²) in [5.41, 5.74) is 1.21. The Morgan fingerprint density at radius 1 is 0.966 bits per heavy atom. The molecule has 3 amide bonds. The van der Waals surface area contributed by atoms with E-state index in [-0.39, 0.29) is 18.4 Å². The van der Waals surface area contributed by atoms with E-state index in [1.807, 2.05) is 0 Å². The van der Waals surface area contributed by atoms with Crippen LogP contribution in [0.5, 0.6) is 0 Å². The van der Waals surface area contributed by atoms with Crippen molar-refractivity contribution in [3.05, 3.63) is 64.7 Å². The molecule has 0 atom stereocenters. The fourth-order valence-electron chi connectivity index (χ4n) is 2.30. The van der Waals surface area contributed by atoms with Gasteiger partial charge in [0.2, 0.25) is 5.91 Å². The number of amides is 3. The number of alkyl carbamates (subject to hydrolysis) is 1. The van der Waals surface area contributed by atoms with Gasteiger partial charge in [0, 0.05) is 12.2 Å². The van der Waals surface area contributed by atoms with Crippen LogP contribution in [0.25, 0.3) is 0 Å². The highest BCUT2D eigenvalue weighted by atomic mass is 35.5. The second kappa shape index (κ2) is 9.93. The minimum absolute atomic E-state index is 0.204. The highest BCUT2D eigenvalue weighted by Gasteiger charge is 2.16. The van der Waals surface area contributed by atoms with E-state index >= 15 is 0 Å². The van der Waals surface area contributed by atoms with Crippen LogP contribution in [0.1, 0.15) is 36.7 Å². The first-order chi connectivity index (χ1) is 13.6. The Bertz CT molecular complexity index is 876. The summed E-state index contributed by atoms with van der Waals surface area (Å²) in [4.78, 5) is 35.6. The fourth-order valence-corrected chi connectivity index (χ4v) is 2.52. The zero-order valence-electron chi connectivity index (χ0n) is 16.5. The van der Waals surface area contributed by atoms with Gasteiger partial charge in [-0.25, -0.2) is 4.79 Å². The van der Waals surface area contributed by atoms with Crippen LogP contribution in [-0.2, 0) is 16.1 Å². The molecule has 0 radical (unpaired) electrons. The highest BCUT2D eigenvalue weighted by molar-refractivity contribution is 6.33. The minimum Gasteiger partial charge on any atom is -0.444 e. The Morgan fingerprint density at radius 3 is 2.24 bits per heavy atom. The van der Waals surface area contributed by atoms with E-state index in [2.05, 4.69) is 16.0 Å². The van der Waals surface area contributed by atoms with Crippen molar-refractivity contribution in [3.63, 3.8) is 0 Å². The number of hydrogen-bond acceptors (Lipinski definition) is 4. The molecule has 7 nitrogen and oxygen atoms in total. The van der Waals surface area contributed by atoms with Crippen LogP contribution >= 0.6 is 11.6 Å². The van der Waals surface area contributed by atoms with Gasteiger partial charge in [0.05, 0.1) is 10.6 Å². The van der Waals surface area contributed by atoms with Gasteiger partial charge in [-0.1, -0.05) is 35.9 Å². The van der Waals surface area contributed by atoms with E-state index in [0.29, 0.717) is 22.8 Å². The third kappa shape index (κ3) is 7.83. The largest absolute Gasteiger partial charge is 0.444 e. The quantitative estimate of drug-likeness (QED) is 0.667. The number of halogens is 1. The van der Waals surface area contributed by atoms with Crippen molar-refractivity contribution >= 4 is 35.2 Å². The Hall–Kier alpha value is -3.06. The normalized spacial score (nSPS) is 10.8. The molecule has 2 rings (SSSR count). The Kier molecular flexibility index (Phi) is 7.61. The molecule has 2 aromatic carbocycles. The average Bonchev–Trinajstić information content (AvgIpc) is 2.64. The van der Waals surface area contributed by atoms with Gasteiger partial charge < -0.3 is 20.7 Å². The summed E-state index contributed by atoms with van der Waals surface area (Å²) in [7, 11) is 0. The molecule has 3 N–H and O–H groups in total. The Labute approximate surface area is 174 Å². The van der Waals surface area contributed by atoms with E-state index in [1.54, 1.807) is 69.3 Å². The van der Waals surface area contributed by atoms with Crippen LogP contribution in [0, 0.1) is 0 Å². The molecular formula is C21H24ClN3O4. The van der Waals surface area contributed by atoms with E-state index < -0.39 is 11.7 Å². The van der Waals surface area contributed by atoms with Crippen LogP contribution < -0.4 is 16.0 Å². The first kappa shape index (κ1) is 22.2. The van der Waals surface area contributed by atoms with Gasteiger partial charge in [-0.15, -0.1) is 0 Å². The molecule has 0 saturated heterocycles. The summed E-state index contributed by atoms with van der Waals surface area (Å²) in [5.74, 6) is -0.642. The molecule has 0 aliphatic rings. The van der Waals surface area contributed by atoms with Gasteiger partial charge in [-0.2, -0.15) is 0 Å². The molecule has 0 aliphatic heterocycles. The number of ether oxygens (including phenoxy) is 1. The predicted molar refractivity (Wildman–Crippen MR) is 112 cm³/mol. The van der Waals surface area contributed by atoms with E-state index in [4.69, 9.17) is 16.3 Å². The number of nitrogens with one attached hydrogen (secondary N) is 3.